The van der Waals surface area contributed by atoms with Gasteiger partial charge in [0.1, 0.15) is 0 Å². The van der Waals surface area contributed by atoms with Gasteiger partial charge in [0.05, 0.1) is 13.8 Å². The van der Waals surface area contributed by atoms with Crippen LogP contribution in [0.25, 0.3) is 11.3 Å². The molecule has 2 rings (SSSR count). The molecule has 1 nitrogen and oxygen atoms in total. The molecule has 0 fully saturated rings. The summed E-state index contributed by atoms with van der Waals surface area (Å²) in [5, 5.41) is 1.10. The molecular formula is C16H21NSi. The van der Waals surface area contributed by atoms with Crippen molar-refractivity contribution in [1.82, 2.24) is 4.98 Å². The Hall–Kier alpha value is -1.41. The Morgan fingerprint density at radius 2 is 1.83 bits per heavy atom. The van der Waals surface area contributed by atoms with E-state index in [1.165, 1.54) is 0 Å². The van der Waals surface area contributed by atoms with Crippen molar-refractivity contribution in [2.75, 3.05) is 0 Å². The quantitative estimate of drug-likeness (QED) is 0.761. The Kier molecular flexibility index (Phi) is 2.96. The van der Waals surface area contributed by atoms with Crippen LogP contribution in [0.5, 0.6) is 0 Å². The van der Waals surface area contributed by atoms with Crippen LogP contribution in [0, 0.1) is 0 Å². The van der Waals surface area contributed by atoms with E-state index in [0.717, 1.165) is 22.0 Å². The number of hydrogen-bond donors (Lipinski definition) is 0. The van der Waals surface area contributed by atoms with Crippen molar-refractivity contribution in [3.05, 3.63) is 48.2 Å². The van der Waals surface area contributed by atoms with E-state index >= 15 is 0 Å². The molecule has 1 aromatic carbocycles. The summed E-state index contributed by atoms with van der Waals surface area (Å²) in [6.07, 6.45) is 0.535. The lowest BCUT2D eigenvalue weighted by atomic mass is 10.1. The highest BCUT2D eigenvalue weighted by molar-refractivity contribution is 6.89. The molecule has 0 unspecified atom stereocenters. The lowest BCUT2D eigenvalue weighted by Gasteiger charge is -2.20. The number of hydrogen-bond acceptors (Lipinski definition) is 1. The van der Waals surface area contributed by atoms with Gasteiger partial charge in [-0.1, -0.05) is 56.9 Å². The SMILES string of the molecule is [2H]C([2H])(C)c1cc(-c2ccccc2)ncc1[Si](C)(C)C. The first-order valence-electron chi connectivity index (χ1n) is 7.26. The lowest BCUT2D eigenvalue weighted by molar-refractivity contribution is 1.13. The molecule has 94 valence electrons. The molecule has 2 heteroatoms. The molecule has 0 aliphatic rings. The molecule has 0 N–H and O–H groups in total. The smallest absolute Gasteiger partial charge is 0.0799 e. The van der Waals surface area contributed by atoms with Crippen molar-refractivity contribution in [3.63, 3.8) is 0 Å². The molecule has 0 atom stereocenters. The van der Waals surface area contributed by atoms with E-state index in [-0.39, 0.29) is 0 Å². The molecule has 0 radical (unpaired) electrons. The Bertz CT molecular complexity index is 598. The second-order valence-corrected chi connectivity index (χ2v) is 10.5. The molecule has 0 saturated carbocycles. The molecule has 0 spiro atoms. The van der Waals surface area contributed by atoms with E-state index in [2.05, 4.69) is 24.6 Å². The normalized spacial score (nSPS) is 14.0. The standard InChI is InChI=1S/C16H21NSi/c1-5-13-11-15(14-9-7-6-8-10-14)17-12-16(13)18(2,3)4/h6-12H,5H2,1-4H3/i5D2. The van der Waals surface area contributed by atoms with Gasteiger partial charge in [0, 0.05) is 14.5 Å². The maximum absolute atomic E-state index is 8.11. The van der Waals surface area contributed by atoms with E-state index in [9.17, 15) is 0 Å². The Morgan fingerprint density at radius 3 is 2.39 bits per heavy atom. The van der Waals surface area contributed by atoms with Crippen molar-refractivity contribution in [3.8, 4) is 11.3 Å². The first kappa shape index (κ1) is 10.5. The van der Waals surface area contributed by atoms with Crippen molar-refractivity contribution in [1.29, 1.82) is 0 Å². The summed E-state index contributed by atoms with van der Waals surface area (Å²) in [4.78, 5) is 4.56. The van der Waals surface area contributed by atoms with Crippen LogP contribution in [0.1, 0.15) is 15.2 Å². The minimum Gasteiger partial charge on any atom is -0.256 e. The van der Waals surface area contributed by atoms with Crippen molar-refractivity contribution < 1.29 is 2.74 Å². The van der Waals surface area contributed by atoms with E-state index < -0.39 is 14.4 Å². The van der Waals surface area contributed by atoms with Gasteiger partial charge in [0.2, 0.25) is 0 Å². The molecule has 0 bridgehead atoms. The predicted molar refractivity (Wildman–Crippen MR) is 82.0 cm³/mol. The topological polar surface area (TPSA) is 12.9 Å². The molecular weight excluding hydrogens is 234 g/mol. The fourth-order valence-electron chi connectivity index (χ4n) is 2.03. The van der Waals surface area contributed by atoms with Gasteiger partial charge in [-0.3, -0.25) is 4.98 Å². The van der Waals surface area contributed by atoms with Crippen LogP contribution in [0.2, 0.25) is 19.6 Å². The fourth-order valence-corrected chi connectivity index (χ4v) is 3.48. The number of rotatable bonds is 3. The summed E-state index contributed by atoms with van der Waals surface area (Å²) < 4.78 is 16.2. The van der Waals surface area contributed by atoms with Crippen molar-refractivity contribution in [2.45, 2.75) is 32.9 Å². The average molecular weight is 257 g/mol. The number of nitrogens with zero attached hydrogens (tertiary/aromatic N) is 1. The Morgan fingerprint density at radius 1 is 1.17 bits per heavy atom. The van der Waals surface area contributed by atoms with Crippen LogP contribution >= 0.6 is 0 Å². The van der Waals surface area contributed by atoms with Crippen LogP contribution in [0.4, 0.5) is 0 Å². The van der Waals surface area contributed by atoms with Gasteiger partial charge in [-0.15, -0.1) is 0 Å². The van der Waals surface area contributed by atoms with Crippen LogP contribution in [-0.2, 0) is 6.37 Å². The van der Waals surface area contributed by atoms with E-state index in [1.807, 2.05) is 42.6 Å². The average Bonchev–Trinajstić information content (AvgIpc) is 2.37. The number of aromatic nitrogens is 1. The summed E-state index contributed by atoms with van der Waals surface area (Å²) >= 11 is 0. The third-order valence-electron chi connectivity index (χ3n) is 3.05. The zero-order chi connectivity index (χ0) is 15.0. The van der Waals surface area contributed by atoms with E-state index in [4.69, 9.17) is 2.74 Å². The number of aryl methyl sites for hydroxylation is 1. The van der Waals surface area contributed by atoms with Crippen LogP contribution < -0.4 is 5.19 Å². The highest BCUT2D eigenvalue weighted by atomic mass is 28.3. The summed E-state index contributed by atoms with van der Waals surface area (Å²) in [6.45, 7) is 8.30. The molecule has 0 saturated heterocycles. The second kappa shape index (κ2) is 5.07. The van der Waals surface area contributed by atoms with E-state index in [1.54, 1.807) is 6.92 Å². The number of pyridine rings is 1. The Balaban J connectivity index is 2.62. The predicted octanol–water partition coefficient (Wildman–Crippen LogP) is 3.86. The van der Waals surface area contributed by atoms with Gasteiger partial charge in [-0.2, -0.15) is 0 Å². The third-order valence-corrected chi connectivity index (χ3v) is 5.07. The van der Waals surface area contributed by atoms with Crippen molar-refractivity contribution >= 4 is 13.3 Å². The summed E-state index contributed by atoms with van der Waals surface area (Å²) in [6, 6.07) is 11.9. The molecule has 0 aliphatic heterocycles. The molecule has 1 aromatic heterocycles. The maximum Gasteiger partial charge on any atom is 0.0799 e. The molecule has 1 heterocycles. The lowest BCUT2D eigenvalue weighted by Crippen LogP contribution is -2.40. The van der Waals surface area contributed by atoms with Gasteiger partial charge in [0.25, 0.3) is 0 Å². The van der Waals surface area contributed by atoms with Gasteiger partial charge < -0.3 is 0 Å². The minimum absolute atomic E-state index is 0.783. The highest BCUT2D eigenvalue weighted by Crippen LogP contribution is 2.18. The Labute approximate surface area is 114 Å². The molecule has 18 heavy (non-hydrogen) atoms. The summed E-state index contributed by atoms with van der Waals surface area (Å²) in [7, 11) is -1.61. The summed E-state index contributed by atoms with van der Waals surface area (Å²) in [5.41, 5.74) is 2.65. The minimum atomic E-state index is -1.61. The van der Waals surface area contributed by atoms with Crippen LogP contribution in [-0.4, -0.2) is 13.1 Å². The fraction of sp³-hybridized carbons (Fsp3) is 0.312. The van der Waals surface area contributed by atoms with Gasteiger partial charge in [0.15, 0.2) is 0 Å². The van der Waals surface area contributed by atoms with Gasteiger partial charge in [-0.25, -0.2) is 0 Å². The third kappa shape index (κ3) is 2.70. The zero-order valence-corrected chi connectivity index (χ0v) is 12.5. The van der Waals surface area contributed by atoms with Gasteiger partial charge >= 0.3 is 0 Å². The monoisotopic (exact) mass is 257 g/mol. The maximum atomic E-state index is 8.11. The summed E-state index contributed by atoms with van der Waals surface area (Å²) in [5.74, 6) is 0. The van der Waals surface area contributed by atoms with Crippen molar-refractivity contribution in [2.24, 2.45) is 0 Å². The van der Waals surface area contributed by atoms with Crippen LogP contribution in [0.15, 0.2) is 42.6 Å². The number of benzene rings is 1. The largest absolute Gasteiger partial charge is 0.256 e. The molecule has 2 aromatic rings. The van der Waals surface area contributed by atoms with Gasteiger partial charge in [-0.05, 0) is 23.2 Å². The first-order valence-corrected chi connectivity index (χ1v) is 9.76. The molecule has 0 aliphatic carbocycles. The van der Waals surface area contributed by atoms with E-state index in [0.29, 0.717) is 0 Å². The zero-order valence-electron chi connectivity index (χ0n) is 13.5. The second-order valence-electron chi connectivity index (χ2n) is 5.48. The molecule has 0 amide bonds. The van der Waals surface area contributed by atoms with Crippen LogP contribution in [0.3, 0.4) is 0 Å². The highest BCUT2D eigenvalue weighted by Gasteiger charge is 2.20. The first-order chi connectivity index (χ1) is 9.19.